The van der Waals surface area contributed by atoms with Crippen molar-refractivity contribution in [3.05, 3.63) is 83.9 Å². The molecule has 4 aromatic carbocycles. The lowest BCUT2D eigenvalue weighted by Gasteiger charge is -2.23. The Kier molecular flexibility index (Phi) is 6.88. The summed E-state index contributed by atoms with van der Waals surface area (Å²) in [6.07, 6.45) is 4.81. The molecular weight excluding hydrogens is 476 g/mol. The van der Waals surface area contributed by atoms with Crippen LogP contribution in [0.25, 0.3) is 21.9 Å². The minimum Gasteiger partial charge on any atom is -0.497 e. The van der Waals surface area contributed by atoms with Gasteiger partial charge in [-0.05, 0) is 96.9 Å². The van der Waals surface area contributed by atoms with Crippen molar-refractivity contribution in [3.8, 4) is 34.1 Å². The fourth-order valence-corrected chi connectivity index (χ4v) is 5.34. The van der Waals surface area contributed by atoms with Gasteiger partial charge in [0.15, 0.2) is 0 Å². The Morgan fingerprint density at radius 2 is 1.71 bits per heavy atom. The second kappa shape index (κ2) is 10.8. The lowest BCUT2D eigenvalue weighted by Crippen LogP contribution is -2.35. The number of fused-ring (bicyclic) bond motifs is 2. The highest BCUT2D eigenvalue weighted by Gasteiger charge is 2.21. The SMILES string of the molecule is COc1ccc2c(Oc3ccc(OCCC4CCCCN4)cc3)c(-c3ccc4c(c3)C(=O)NC4)ccc2c1. The van der Waals surface area contributed by atoms with E-state index in [-0.39, 0.29) is 5.91 Å². The van der Waals surface area contributed by atoms with Crippen molar-refractivity contribution < 1.29 is 19.0 Å². The van der Waals surface area contributed by atoms with Crippen LogP contribution < -0.4 is 24.8 Å². The van der Waals surface area contributed by atoms with E-state index in [1.54, 1.807) is 7.11 Å². The summed E-state index contributed by atoms with van der Waals surface area (Å²) in [6, 6.07) is 24.4. The van der Waals surface area contributed by atoms with Crippen LogP contribution in [0.4, 0.5) is 0 Å². The Hall–Kier alpha value is -4.03. The summed E-state index contributed by atoms with van der Waals surface area (Å²) in [5, 5.41) is 8.45. The number of carbonyl (C=O) groups excluding carboxylic acids is 1. The van der Waals surface area contributed by atoms with E-state index in [1.165, 1.54) is 19.3 Å². The lowest BCUT2D eigenvalue weighted by atomic mass is 9.96. The van der Waals surface area contributed by atoms with Crippen molar-refractivity contribution >= 4 is 16.7 Å². The van der Waals surface area contributed by atoms with E-state index >= 15 is 0 Å². The number of piperidine rings is 1. The summed E-state index contributed by atoms with van der Waals surface area (Å²) in [6.45, 7) is 2.37. The maximum absolute atomic E-state index is 12.3. The van der Waals surface area contributed by atoms with Gasteiger partial charge in [0.1, 0.15) is 23.0 Å². The first kappa shape index (κ1) is 24.3. The van der Waals surface area contributed by atoms with Gasteiger partial charge in [-0.25, -0.2) is 0 Å². The van der Waals surface area contributed by atoms with Crippen molar-refractivity contribution in [2.75, 3.05) is 20.3 Å². The van der Waals surface area contributed by atoms with Gasteiger partial charge in [-0.3, -0.25) is 4.79 Å². The number of hydrogen-bond acceptors (Lipinski definition) is 5. The highest BCUT2D eigenvalue weighted by molar-refractivity contribution is 6.01. The number of carbonyl (C=O) groups is 1. The summed E-state index contributed by atoms with van der Waals surface area (Å²) < 4.78 is 18.0. The van der Waals surface area contributed by atoms with E-state index < -0.39 is 0 Å². The van der Waals surface area contributed by atoms with Crippen LogP contribution in [0.5, 0.6) is 23.0 Å². The van der Waals surface area contributed by atoms with Gasteiger partial charge in [-0.2, -0.15) is 0 Å². The van der Waals surface area contributed by atoms with Gasteiger partial charge >= 0.3 is 0 Å². The molecule has 1 amide bonds. The molecular formula is C32H32N2O4. The number of nitrogens with one attached hydrogen (secondary N) is 2. The first-order valence-electron chi connectivity index (χ1n) is 13.3. The molecule has 6 nitrogen and oxygen atoms in total. The van der Waals surface area contributed by atoms with Crippen LogP contribution in [-0.4, -0.2) is 32.2 Å². The molecule has 1 atom stereocenters. The van der Waals surface area contributed by atoms with Gasteiger partial charge in [-0.1, -0.05) is 24.6 Å². The molecule has 0 aromatic heterocycles. The molecule has 0 radical (unpaired) electrons. The first-order valence-corrected chi connectivity index (χ1v) is 13.3. The van der Waals surface area contributed by atoms with Crippen LogP contribution in [-0.2, 0) is 6.54 Å². The van der Waals surface area contributed by atoms with Crippen LogP contribution in [0, 0.1) is 0 Å². The fourth-order valence-electron chi connectivity index (χ4n) is 5.34. The molecule has 0 spiro atoms. The molecule has 6 heteroatoms. The maximum atomic E-state index is 12.3. The van der Waals surface area contributed by atoms with E-state index in [9.17, 15) is 4.79 Å². The second-order valence-corrected chi connectivity index (χ2v) is 9.94. The molecule has 0 aliphatic carbocycles. The number of benzene rings is 4. The van der Waals surface area contributed by atoms with Crippen molar-refractivity contribution in [2.45, 2.75) is 38.3 Å². The molecule has 1 fully saturated rings. The minimum absolute atomic E-state index is 0.0373. The number of methoxy groups -OCH3 is 1. The smallest absolute Gasteiger partial charge is 0.251 e. The Morgan fingerprint density at radius 3 is 2.53 bits per heavy atom. The van der Waals surface area contributed by atoms with Crippen molar-refractivity contribution in [1.82, 2.24) is 10.6 Å². The van der Waals surface area contributed by atoms with Crippen molar-refractivity contribution in [2.24, 2.45) is 0 Å². The quantitative estimate of drug-likeness (QED) is 0.286. The highest BCUT2D eigenvalue weighted by Crippen LogP contribution is 2.41. The summed E-state index contributed by atoms with van der Waals surface area (Å²) in [7, 11) is 1.66. The molecule has 2 aliphatic rings. The molecule has 4 aromatic rings. The third kappa shape index (κ3) is 5.04. The first-order chi connectivity index (χ1) is 18.7. The summed E-state index contributed by atoms with van der Waals surface area (Å²) in [5.41, 5.74) is 3.59. The van der Waals surface area contributed by atoms with Crippen LogP contribution >= 0.6 is 0 Å². The predicted molar refractivity (Wildman–Crippen MR) is 149 cm³/mol. The summed E-state index contributed by atoms with van der Waals surface area (Å²) in [5.74, 6) is 3.04. The molecule has 0 saturated carbocycles. The predicted octanol–water partition coefficient (Wildman–Crippen LogP) is 6.46. The van der Waals surface area contributed by atoms with Crippen LogP contribution in [0.3, 0.4) is 0 Å². The Bertz CT molecular complexity index is 1460. The van der Waals surface area contributed by atoms with Crippen LogP contribution in [0.2, 0.25) is 0 Å². The Morgan fingerprint density at radius 1 is 0.868 bits per heavy atom. The number of ether oxygens (including phenoxy) is 3. The molecule has 1 saturated heterocycles. The topological polar surface area (TPSA) is 68.8 Å². The minimum atomic E-state index is -0.0373. The number of amides is 1. The van der Waals surface area contributed by atoms with E-state index in [0.717, 1.165) is 63.4 Å². The average Bonchev–Trinajstić information content (AvgIpc) is 3.34. The highest BCUT2D eigenvalue weighted by atomic mass is 16.5. The van der Waals surface area contributed by atoms with Gasteiger partial charge < -0.3 is 24.8 Å². The fraction of sp³-hybridized carbons (Fsp3) is 0.281. The normalized spacial score (nSPS) is 16.7. The molecule has 1 unspecified atom stereocenters. The molecule has 2 N–H and O–H groups in total. The zero-order valence-electron chi connectivity index (χ0n) is 21.6. The van der Waals surface area contributed by atoms with Crippen molar-refractivity contribution in [1.29, 1.82) is 0 Å². The van der Waals surface area contributed by atoms with Gasteiger partial charge in [-0.15, -0.1) is 0 Å². The second-order valence-electron chi connectivity index (χ2n) is 9.94. The zero-order chi connectivity index (χ0) is 25.9. The lowest BCUT2D eigenvalue weighted by molar-refractivity contribution is 0.0965. The standard InChI is InChI=1S/C32H32N2O4/c1-36-27-12-14-29-21(18-27)7-13-28(22-5-6-23-20-34-32(35)30(23)19-22)31(29)38-26-10-8-25(9-11-26)37-17-15-24-4-2-3-16-33-24/h5-14,18-19,24,33H,2-4,15-17,20H2,1H3,(H,34,35). The van der Waals surface area contributed by atoms with E-state index in [1.807, 2.05) is 60.7 Å². The summed E-state index contributed by atoms with van der Waals surface area (Å²) in [4.78, 5) is 12.3. The van der Waals surface area contributed by atoms with E-state index in [2.05, 4.69) is 22.8 Å². The van der Waals surface area contributed by atoms with Gasteiger partial charge in [0.25, 0.3) is 5.91 Å². The van der Waals surface area contributed by atoms with Crippen LogP contribution in [0.1, 0.15) is 41.6 Å². The van der Waals surface area contributed by atoms with Gasteiger partial charge in [0.05, 0.1) is 13.7 Å². The molecule has 194 valence electrons. The maximum Gasteiger partial charge on any atom is 0.251 e. The monoisotopic (exact) mass is 508 g/mol. The number of hydrogen-bond donors (Lipinski definition) is 2. The third-order valence-corrected chi connectivity index (χ3v) is 7.47. The third-order valence-electron chi connectivity index (χ3n) is 7.47. The van der Waals surface area contributed by atoms with Gasteiger partial charge in [0, 0.05) is 29.1 Å². The van der Waals surface area contributed by atoms with E-state index in [4.69, 9.17) is 14.2 Å². The number of rotatable bonds is 8. The Balaban J connectivity index is 1.27. The zero-order valence-corrected chi connectivity index (χ0v) is 21.6. The molecule has 2 aliphatic heterocycles. The summed E-state index contributed by atoms with van der Waals surface area (Å²) >= 11 is 0. The average molecular weight is 509 g/mol. The van der Waals surface area contributed by atoms with Crippen LogP contribution in [0.15, 0.2) is 72.8 Å². The van der Waals surface area contributed by atoms with Crippen molar-refractivity contribution in [3.63, 3.8) is 0 Å². The molecule has 38 heavy (non-hydrogen) atoms. The Labute approximate surface area is 222 Å². The largest absolute Gasteiger partial charge is 0.497 e. The molecule has 0 bridgehead atoms. The molecule has 6 rings (SSSR count). The van der Waals surface area contributed by atoms with Gasteiger partial charge in [0.2, 0.25) is 0 Å². The molecule has 2 heterocycles. The van der Waals surface area contributed by atoms with E-state index in [0.29, 0.717) is 24.8 Å².